The van der Waals surface area contributed by atoms with Gasteiger partial charge in [0.05, 0.1) is 0 Å². The molecule has 18 heavy (non-hydrogen) atoms. The third kappa shape index (κ3) is 3.34. The number of aldehydes is 1. The molecule has 0 unspecified atom stereocenters. The lowest BCUT2D eigenvalue weighted by Crippen LogP contribution is -2.46. The molecule has 0 atom stereocenters. The van der Waals surface area contributed by atoms with E-state index in [1.807, 2.05) is 6.92 Å². The van der Waals surface area contributed by atoms with E-state index in [1.54, 1.807) is 13.8 Å². The fourth-order valence-electron chi connectivity index (χ4n) is 2.20. The lowest BCUT2D eigenvalue weighted by atomic mass is 9.69. The summed E-state index contributed by atoms with van der Waals surface area (Å²) in [7, 11) is 0. The molecule has 0 N–H and O–H groups in total. The Morgan fingerprint density at radius 1 is 0.944 bits per heavy atom. The van der Waals surface area contributed by atoms with Crippen molar-refractivity contribution in [3.63, 3.8) is 0 Å². The average Bonchev–Trinajstić information content (AvgIpc) is 2.38. The van der Waals surface area contributed by atoms with E-state index in [9.17, 15) is 19.2 Å². The fourth-order valence-corrected chi connectivity index (χ4v) is 2.20. The maximum Gasteiger partial charge on any atom is 0.153 e. The Labute approximate surface area is 108 Å². The van der Waals surface area contributed by atoms with E-state index in [0.717, 1.165) is 0 Å². The molecule has 0 aliphatic carbocycles. The van der Waals surface area contributed by atoms with E-state index in [2.05, 4.69) is 0 Å². The van der Waals surface area contributed by atoms with Gasteiger partial charge in [0.25, 0.3) is 0 Å². The van der Waals surface area contributed by atoms with Crippen molar-refractivity contribution >= 4 is 23.6 Å². The largest absolute Gasteiger partial charge is 0.303 e. The third-order valence-electron chi connectivity index (χ3n) is 3.18. The monoisotopic (exact) mass is 254 g/mol. The molecule has 0 fully saturated rings. The normalized spacial score (nSPS) is 11.1. The van der Waals surface area contributed by atoms with E-state index in [0.29, 0.717) is 12.7 Å². The highest BCUT2D eigenvalue weighted by Gasteiger charge is 2.48. The van der Waals surface area contributed by atoms with Crippen LogP contribution in [0.3, 0.4) is 0 Å². The quantitative estimate of drug-likeness (QED) is 0.443. The van der Waals surface area contributed by atoms with Gasteiger partial charge in [-0.25, -0.2) is 0 Å². The Kier molecular flexibility index (Phi) is 7.32. The van der Waals surface area contributed by atoms with Gasteiger partial charge >= 0.3 is 0 Å². The van der Waals surface area contributed by atoms with Crippen molar-refractivity contribution in [2.45, 2.75) is 59.3 Å². The molecule has 4 heteroatoms. The van der Waals surface area contributed by atoms with Crippen LogP contribution in [-0.2, 0) is 19.2 Å². The molecular weight excluding hydrogens is 232 g/mol. The summed E-state index contributed by atoms with van der Waals surface area (Å²) < 4.78 is 0. The lowest BCUT2D eigenvalue weighted by Gasteiger charge is -2.28. The number of Topliss-reactive ketones (excluding diaryl/α,β-unsaturated/α-hetero) is 3. The van der Waals surface area contributed by atoms with Gasteiger partial charge in [0.15, 0.2) is 17.3 Å². The molecule has 0 saturated carbocycles. The fraction of sp³-hybridized carbons (Fsp3) is 0.714. The molecule has 0 aliphatic rings. The van der Waals surface area contributed by atoms with Crippen molar-refractivity contribution in [2.75, 3.05) is 0 Å². The second kappa shape index (κ2) is 7.90. The Bertz CT molecular complexity index is 315. The summed E-state index contributed by atoms with van der Waals surface area (Å²) >= 11 is 0. The SMILES string of the molecule is CCCC(=O)C(CCC=O)(C(=O)CC)C(=O)CC. The summed E-state index contributed by atoms with van der Waals surface area (Å²) in [6.07, 6.45) is 1.81. The lowest BCUT2D eigenvalue weighted by molar-refractivity contribution is -0.149. The molecule has 102 valence electrons. The average molecular weight is 254 g/mol. The molecule has 4 nitrogen and oxygen atoms in total. The van der Waals surface area contributed by atoms with E-state index in [-0.39, 0.29) is 49.5 Å². The zero-order valence-electron chi connectivity index (χ0n) is 11.5. The van der Waals surface area contributed by atoms with Crippen LogP contribution in [-0.4, -0.2) is 23.6 Å². The molecule has 0 aromatic carbocycles. The molecule has 0 aliphatic heterocycles. The number of ketones is 3. The van der Waals surface area contributed by atoms with Crippen LogP contribution in [0.2, 0.25) is 0 Å². The van der Waals surface area contributed by atoms with Crippen molar-refractivity contribution in [3.8, 4) is 0 Å². The van der Waals surface area contributed by atoms with Gasteiger partial charge < -0.3 is 4.79 Å². The number of carbonyl (C=O) groups is 4. The van der Waals surface area contributed by atoms with E-state index >= 15 is 0 Å². The summed E-state index contributed by atoms with van der Waals surface area (Å²) in [4.78, 5) is 46.9. The minimum atomic E-state index is -1.57. The van der Waals surface area contributed by atoms with Crippen molar-refractivity contribution in [1.29, 1.82) is 0 Å². The molecule has 0 radical (unpaired) electrons. The first-order chi connectivity index (χ1) is 8.50. The van der Waals surface area contributed by atoms with Gasteiger partial charge in [0.2, 0.25) is 0 Å². The molecule has 0 spiro atoms. The van der Waals surface area contributed by atoms with Crippen LogP contribution in [0.5, 0.6) is 0 Å². The minimum absolute atomic E-state index is 0.0225. The third-order valence-corrected chi connectivity index (χ3v) is 3.18. The predicted octanol–water partition coefficient (Wildman–Crippen LogP) is 2.28. The van der Waals surface area contributed by atoms with Crippen molar-refractivity contribution < 1.29 is 19.2 Å². The number of hydrogen-bond acceptors (Lipinski definition) is 4. The maximum atomic E-state index is 12.2. The molecule has 0 amide bonds. The zero-order valence-corrected chi connectivity index (χ0v) is 11.5. The first-order valence-electron chi connectivity index (χ1n) is 6.54. The second-order valence-electron chi connectivity index (χ2n) is 4.34. The number of carbonyl (C=O) groups excluding carboxylic acids is 4. The van der Waals surface area contributed by atoms with E-state index < -0.39 is 5.41 Å². The van der Waals surface area contributed by atoms with Gasteiger partial charge in [-0.05, 0) is 12.8 Å². The van der Waals surface area contributed by atoms with Gasteiger partial charge in [-0.1, -0.05) is 20.8 Å². The molecule has 0 bridgehead atoms. The standard InChI is InChI=1S/C14H22O4/c1-4-8-13(18)14(9-7-10-15,11(16)5-2)12(17)6-3/h10H,4-9H2,1-3H3. The highest BCUT2D eigenvalue weighted by atomic mass is 16.2. The van der Waals surface area contributed by atoms with Crippen LogP contribution < -0.4 is 0 Å². The highest BCUT2D eigenvalue weighted by Crippen LogP contribution is 2.32. The molecule has 0 saturated heterocycles. The molecule has 0 aromatic rings. The van der Waals surface area contributed by atoms with Gasteiger partial charge in [-0.15, -0.1) is 0 Å². The Balaban J connectivity index is 5.52. The molecule has 0 aromatic heterocycles. The molecule has 0 heterocycles. The van der Waals surface area contributed by atoms with Crippen LogP contribution in [0, 0.1) is 5.41 Å². The Morgan fingerprint density at radius 2 is 1.44 bits per heavy atom. The van der Waals surface area contributed by atoms with E-state index in [4.69, 9.17) is 0 Å². The summed E-state index contributed by atoms with van der Waals surface area (Å²) in [5, 5.41) is 0. The topological polar surface area (TPSA) is 68.3 Å². The first-order valence-corrected chi connectivity index (χ1v) is 6.54. The van der Waals surface area contributed by atoms with Gasteiger partial charge in [0, 0.05) is 25.7 Å². The van der Waals surface area contributed by atoms with Crippen molar-refractivity contribution in [1.82, 2.24) is 0 Å². The summed E-state index contributed by atoms with van der Waals surface area (Å²) in [6.45, 7) is 5.11. The molecular formula is C14H22O4. The van der Waals surface area contributed by atoms with Crippen LogP contribution in [0.1, 0.15) is 59.3 Å². The molecule has 0 rings (SSSR count). The van der Waals surface area contributed by atoms with E-state index in [1.165, 1.54) is 0 Å². The van der Waals surface area contributed by atoms with Crippen molar-refractivity contribution in [2.24, 2.45) is 5.41 Å². The summed E-state index contributed by atoms with van der Waals surface area (Å²) in [6, 6.07) is 0. The van der Waals surface area contributed by atoms with Gasteiger partial charge in [0.1, 0.15) is 11.7 Å². The second-order valence-corrected chi connectivity index (χ2v) is 4.34. The van der Waals surface area contributed by atoms with Crippen LogP contribution in [0.4, 0.5) is 0 Å². The predicted molar refractivity (Wildman–Crippen MR) is 68.2 cm³/mol. The Hall–Kier alpha value is -1.32. The first kappa shape index (κ1) is 16.7. The smallest absolute Gasteiger partial charge is 0.153 e. The number of hydrogen-bond donors (Lipinski definition) is 0. The van der Waals surface area contributed by atoms with Gasteiger partial charge in [-0.2, -0.15) is 0 Å². The maximum absolute atomic E-state index is 12.2. The van der Waals surface area contributed by atoms with Gasteiger partial charge in [-0.3, -0.25) is 14.4 Å². The van der Waals surface area contributed by atoms with Crippen LogP contribution in [0.15, 0.2) is 0 Å². The van der Waals surface area contributed by atoms with Crippen LogP contribution in [0.25, 0.3) is 0 Å². The highest BCUT2D eigenvalue weighted by molar-refractivity contribution is 6.24. The van der Waals surface area contributed by atoms with Crippen LogP contribution >= 0.6 is 0 Å². The number of rotatable bonds is 10. The zero-order chi connectivity index (χ0) is 14.2. The minimum Gasteiger partial charge on any atom is -0.303 e. The summed E-state index contributed by atoms with van der Waals surface area (Å²) in [5.74, 6) is -1.03. The summed E-state index contributed by atoms with van der Waals surface area (Å²) in [5.41, 5.74) is -1.57. The Morgan fingerprint density at radius 3 is 1.78 bits per heavy atom. The van der Waals surface area contributed by atoms with Crippen molar-refractivity contribution in [3.05, 3.63) is 0 Å².